The van der Waals surface area contributed by atoms with Crippen molar-refractivity contribution in [1.82, 2.24) is 15.2 Å². The monoisotopic (exact) mass is 361 g/mol. The van der Waals surface area contributed by atoms with Crippen LogP contribution in [0.15, 0.2) is 60.8 Å². The maximum Gasteiger partial charge on any atom is 0.237 e. The number of hydrogen-bond acceptors (Lipinski definition) is 2. The molecule has 2 N–H and O–H groups in total. The van der Waals surface area contributed by atoms with E-state index in [0.717, 1.165) is 31.5 Å². The lowest BCUT2D eigenvalue weighted by atomic mass is 9.88. The minimum atomic E-state index is -0.0855. The molecule has 2 heterocycles. The fourth-order valence-electron chi connectivity index (χ4n) is 4.13. The van der Waals surface area contributed by atoms with Gasteiger partial charge in [-0.15, -0.1) is 0 Å². The smallest absolute Gasteiger partial charge is 0.237 e. The summed E-state index contributed by atoms with van der Waals surface area (Å²) in [5.41, 5.74) is 3.77. The van der Waals surface area contributed by atoms with Gasteiger partial charge in [0.15, 0.2) is 0 Å². The van der Waals surface area contributed by atoms with Gasteiger partial charge in [-0.2, -0.15) is 0 Å². The number of fused-ring (bicyclic) bond motifs is 1. The third kappa shape index (κ3) is 3.91. The number of likely N-dealkylation sites (tertiary alicyclic amines) is 1. The molecule has 0 radical (unpaired) electrons. The van der Waals surface area contributed by atoms with Crippen molar-refractivity contribution in [3.05, 3.63) is 71.9 Å². The van der Waals surface area contributed by atoms with Crippen molar-refractivity contribution < 1.29 is 4.79 Å². The number of rotatable bonds is 5. The first-order valence-electron chi connectivity index (χ1n) is 9.84. The maximum absolute atomic E-state index is 12.5. The van der Waals surface area contributed by atoms with Gasteiger partial charge in [-0.1, -0.05) is 48.5 Å². The average Bonchev–Trinajstić information content (AvgIpc) is 3.16. The predicted molar refractivity (Wildman–Crippen MR) is 110 cm³/mol. The molecule has 1 fully saturated rings. The number of amides is 1. The third-order valence-corrected chi connectivity index (χ3v) is 5.83. The summed E-state index contributed by atoms with van der Waals surface area (Å²) in [6, 6.07) is 18.5. The van der Waals surface area contributed by atoms with E-state index in [1.54, 1.807) is 0 Å². The molecule has 27 heavy (non-hydrogen) atoms. The number of carbonyl (C=O) groups excluding carboxylic acids is 1. The first-order valence-corrected chi connectivity index (χ1v) is 9.84. The van der Waals surface area contributed by atoms with Gasteiger partial charge in [-0.25, -0.2) is 0 Å². The van der Waals surface area contributed by atoms with E-state index in [4.69, 9.17) is 0 Å². The quantitative estimate of drug-likeness (QED) is 0.720. The Bertz CT molecular complexity index is 894. The third-order valence-electron chi connectivity index (χ3n) is 5.83. The standard InChI is InChI=1S/C23H27N3O/c1-17(23(27)25-15-18-7-3-2-4-8-18)26-13-11-19(12-14-26)21-16-24-22-10-6-5-9-20(21)22/h2-10,16-17,19,24H,11-15H2,1H3,(H,25,27). The molecule has 1 aliphatic rings. The number of aromatic amines is 1. The Balaban J connectivity index is 1.32. The average molecular weight is 361 g/mol. The van der Waals surface area contributed by atoms with Crippen molar-refractivity contribution in [2.24, 2.45) is 0 Å². The Kier molecular flexibility index (Phi) is 5.26. The molecule has 2 aromatic carbocycles. The molecule has 1 aliphatic heterocycles. The first-order chi connectivity index (χ1) is 13.2. The zero-order valence-corrected chi connectivity index (χ0v) is 15.8. The van der Waals surface area contributed by atoms with Crippen molar-refractivity contribution in [2.75, 3.05) is 13.1 Å². The SMILES string of the molecule is CC(C(=O)NCc1ccccc1)N1CCC(c2c[nH]c3ccccc23)CC1. The summed E-state index contributed by atoms with van der Waals surface area (Å²) in [4.78, 5) is 18.2. The van der Waals surface area contributed by atoms with Gasteiger partial charge >= 0.3 is 0 Å². The van der Waals surface area contributed by atoms with Crippen molar-refractivity contribution in [2.45, 2.75) is 38.3 Å². The van der Waals surface area contributed by atoms with Gasteiger partial charge in [-0.05, 0) is 56.0 Å². The fourth-order valence-corrected chi connectivity index (χ4v) is 4.13. The largest absolute Gasteiger partial charge is 0.361 e. The minimum Gasteiger partial charge on any atom is -0.361 e. The Morgan fingerprint density at radius 1 is 1.11 bits per heavy atom. The molecule has 1 saturated heterocycles. The number of carbonyl (C=O) groups is 1. The molecule has 140 valence electrons. The normalized spacial score (nSPS) is 17.1. The molecule has 1 atom stereocenters. The molecule has 4 heteroatoms. The van der Waals surface area contributed by atoms with Crippen LogP contribution in [-0.2, 0) is 11.3 Å². The molecule has 1 unspecified atom stereocenters. The van der Waals surface area contributed by atoms with E-state index in [0.29, 0.717) is 12.5 Å². The number of H-pyrrole nitrogens is 1. The molecular formula is C23H27N3O. The van der Waals surface area contributed by atoms with Gasteiger partial charge in [0.05, 0.1) is 6.04 Å². The lowest BCUT2D eigenvalue weighted by Crippen LogP contribution is -2.47. The molecule has 1 aromatic heterocycles. The lowest BCUT2D eigenvalue weighted by Gasteiger charge is -2.35. The summed E-state index contributed by atoms with van der Waals surface area (Å²) in [5.74, 6) is 0.682. The van der Waals surface area contributed by atoms with Crippen LogP contribution in [0, 0.1) is 0 Å². The number of hydrogen-bond donors (Lipinski definition) is 2. The molecule has 4 rings (SSSR count). The highest BCUT2D eigenvalue weighted by Gasteiger charge is 2.28. The van der Waals surface area contributed by atoms with Gasteiger partial charge in [-0.3, -0.25) is 9.69 Å². The van der Waals surface area contributed by atoms with E-state index in [-0.39, 0.29) is 11.9 Å². The van der Waals surface area contributed by atoms with Gasteiger partial charge in [0.25, 0.3) is 0 Å². The first kappa shape index (κ1) is 17.8. The Labute approximate surface area is 160 Å². The molecule has 3 aromatic rings. The molecule has 0 spiro atoms. The number of aromatic nitrogens is 1. The summed E-state index contributed by atoms with van der Waals surface area (Å²) in [6.45, 7) is 4.54. The highest BCUT2D eigenvalue weighted by Crippen LogP contribution is 2.33. The second kappa shape index (κ2) is 7.97. The number of nitrogens with one attached hydrogen (secondary N) is 2. The highest BCUT2D eigenvalue weighted by atomic mass is 16.2. The van der Waals surface area contributed by atoms with E-state index < -0.39 is 0 Å². The van der Waals surface area contributed by atoms with Gasteiger partial charge in [0, 0.05) is 23.6 Å². The van der Waals surface area contributed by atoms with Crippen LogP contribution in [0.3, 0.4) is 0 Å². The maximum atomic E-state index is 12.5. The van der Waals surface area contributed by atoms with Crippen LogP contribution in [0.5, 0.6) is 0 Å². The molecule has 4 nitrogen and oxygen atoms in total. The number of nitrogens with zero attached hydrogens (tertiary/aromatic N) is 1. The molecule has 0 aliphatic carbocycles. The predicted octanol–water partition coefficient (Wildman–Crippen LogP) is 4.05. The Morgan fingerprint density at radius 3 is 2.59 bits per heavy atom. The molecule has 1 amide bonds. The fraction of sp³-hybridized carbons (Fsp3) is 0.348. The number of para-hydroxylation sites is 1. The van der Waals surface area contributed by atoms with E-state index in [1.807, 2.05) is 37.3 Å². The summed E-state index contributed by atoms with van der Waals surface area (Å²) in [6.07, 6.45) is 4.36. The molecule has 0 saturated carbocycles. The van der Waals surface area contributed by atoms with Gasteiger partial charge < -0.3 is 10.3 Å². The van der Waals surface area contributed by atoms with Crippen molar-refractivity contribution >= 4 is 16.8 Å². The van der Waals surface area contributed by atoms with Crippen LogP contribution < -0.4 is 5.32 Å². The van der Waals surface area contributed by atoms with E-state index in [9.17, 15) is 4.79 Å². The summed E-state index contributed by atoms with van der Waals surface area (Å²) >= 11 is 0. The van der Waals surface area contributed by atoms with E-state index in [1.165, 1.54) is 16.5 Å². The van der Waals surface area contributed by atoms with Crippen LogP contribution >= 0.6 is 0 Å². The van der Waals surface area contributed by atoms with Crippen LogP contribution in [0.1, 0.15) is 36.8 Å². The second-order valence-corrected chi connectivity index (χ2v) is 7.48. The van der Waals surface area contributed by atoms with Crippen LogP contribution in [0.25, 0.3) is 10.9 Å². The van der Waals surface area contributed by atoms with Crippen molar-refractivity contribution in [3.8, 4) is 0 Å². The number of benzene rings is 2. The van der Waals surface area contributed by atoms with Crippen molar-refractivity contribution in [1.29, 1.82) is 0 Å². The van der Waals surface area contributed by atoms with Crippen LogP contribution in [-0.4, -0.2) is 34.9 Å². The summed E-state index contributed by atoms with van der Waals surface area (Å²) < 4.78 is 0. The lowest BCUT2D eigenvalue weighted by molar-refractivity contribution is -0.126. The molecular weight excluding hydrogens is 334 g/mol. The van der Waals surface area contributed by atoms with Gasteiger partial charge in [0.1, 0.15) is 0 Å². The van der Waals surface area contributed by atoms with E-state index in [2.05, 4.69) is 45.7 Å². The Hall–Kier alpha value is -2.59. The zero-order valence-electron chi connectivity index (χ0n) is 15.8. The second-order valence-electron chi connectivity index (χ2n) is 7.48. The van der Waals surface area contributed by atoms with Crippen LogP contribution in [0.4, 0.5) is 0 Å². The Morgan fingerprint density at radius 2 is 1.81 bits per heavy atom. The molecule has 0 bridgehead atoms. The van der Waals surface area contributed by atoms with Gasteiger partial charge in [0.2, 0.25) is 5.91 Å². The van der Waals surface area contributed by atoms with Crippen molar-refractivity contribution in [3.63, 3.8) is 0 Å². The minimum absolute atomic E-state index is 0.0855. The number of piperidine rings is 1. The summed E-state index contributed by atoms with van der Waals surface area (Å²) in [5, 5.41) is 4.41. The zero-order chi connectivity index (χ0) is 18.6. The summed E-state index contributed by atoms with van der Waals surface area (Å²) in [7, 11) is 0. The highest BCUT2D eigenvalue weighted by molar-refractivity contribution is 5.83. The van der Waals surface area contributed by atoms with E-state index >= 15 is 0 Å². The topological polar surface area (TPSA) is 48.1 Å². The van der Waals surface area contributed by atoms with Crippen LogP contribution in [0.2, 0.25) is 0 Å².